The molecule has 0 amide bonds. The molecule has 0 bridgehead atoms. The van der Waals surface area contributed by atoms with Crippen molar-refractivity contribution in [2.24, 2.45) is 5.41 Å². The summed E-state index contributed by atoms with van der Waals surface area (Å²) < 4.78 is 2.04. The third-order valence-electron chi connectivity index (χ3n) is 3.46. The number of hydrogen-bond acceptors (Lipinski definition) is 2. The highest BCUT2D eigenvalue weighted by Crippen LogP contribution is 2.25. The Hall–Kier alpha value is -0.830. The molecule has 17 heavy (non-hydrogen) atoms. The summed E-state index contributed by atoms with van der Waals surface area (Å²) in [4.78, 5) is 0. The van der Waals surface area contributed by atoms with Crippen molar-refractivity contribution >= 4 is 0 Å². The lowest BCUT2D eigenvalue weighted by atomic mass is 9.82. The van der Waals surface area contributed by atoms with Crippen molar-refractivity contribution in [3.8, 4) is 0 Å². The summed E-state index contributed by atoms with van der Waals surface area (Å²) in [5.74, 6) is 0. The van der Waals surface area contributed by atoms with Crippen molar-refractivity contribution in [3.05, 3.63) is 18.0 Å². The minimum absolute atomic E-state index is 0.312. The van der Waals surface area contributed by atoms with E-state index >= 15 is 0 Å². The zero-order valence-corrected chi connectivity index (χ0v) is 12.0. The number of nitrogens with zero attached hydrogens (tertiary/aromatic N) is 2. The Morgan fingerprint density at radius 2 is 2.12 bits per heavy atom. The van der Waals surface area contributed by atoms with Crippen LogP contribution >= 0.6 is 0 Å². The second-order valence-corrected chi connectivity index (χ2v) is 5.50. The van der Waals surface area contributed by atoms with Gasteiger partial charge in [-0.2, -0.15) is 5.10 Å². The van der Waals surface area contributed by atoms with E-state index in [4.69, 9.17) is 0 Å². The van der Waals surface area contributed by atoms with Gasteiger partial charge in [0.25, 0.3) is 0 Å². The Morgan fingerprint density at radius 1 is 1.41 bits per heavy atom. The van der Waals surface area contributed by atoms with Crippen LogP contribution in [0.1, 0.15) is 52.8 Å². The molecule has 0 saturated heterocycles. The molecule has 0 aliphatic rings. The molecule has 98 valence electrons. The van der Waals surface area contributed by atoms with E-state index in [0.29, 0.717) is 11.5 Å². The van der Waals surface area contributed by atoms with Gasteiger partial charge in [-0.15, -0.1) is 0 Å². The fourth-order valence-electron chi connectivity index (χ4n) is 1.94. The smallest absolute Gasteiger partial charge is 0.0630 e. The molecule has 0 aromatic carbocycles. The average Bonchev–Trinajstić information content (AvgIpc) is 2.75. The summed E-state index contributed by atoms with van der Waals surface area (Å²) in [6.45, 7) is 13.2. The molecule has 0 spiro atoms. The molecule has 0 aliphatic carbocycles. The Labute approximate surface area is 106 Å². The first-order valence-corrected chi connectivity index (χ1v) is 6.75. The standard InChI is InChI=1S/C14H27N3/c1-6-14(5,11-15-7-2)10-13-8-9-17(16-13)12(3)4/h8-9,12,15H,6-7,10-11H2,1-5H3. The number of nitrogens with one attached hydrogen (secondary N) is 1. The summed E-state index contributed by atoms with van der Waals surface area (Å²) in [5, 5.41) is 8.09. The molecule has 3 heteroatoms. The van der Waals surface area contributed by atoms with Gasteiger partial charge < -0.3 is 5.32 Å². The Kier molecular flexibility index (Phi) is 5.19. The van der Waals surface area contributed by atoms with E-state index in [1.165, 1.54) is 12.1 Å². The average molecular weight is 237 g/mol. The molecule has 3 nitrogen and oxygen atoms in total. The highest BCUT2D eigenvalue weighted by atomic mass is 15.3. The van der Waals surface area contributed by atoms with Gasteiger partial charge in [0, 0.05) is 18.8 Å². The number of aromatic nitrogens is 2. The molecular weight excluding hydrogens is 210 g/mol. The van der Waals surface area contributed by atoms with Crippen LogP contribution in [-0.2, 0) is 6.42 Å². The predicted molar refractivity (Wildman–Crippen MR) is 73.3 cm³/mol. The van der Waals surface area contributed by atoms with Gasteiger partial charge in [-0.25, -0.2) is 0 Å². The molecule has 0 radical (unpaired) electrons. The maximum atomic E-state index is 4.64. The van der Waals surface area contributed by atoms with E-state index in [9.17, 15) is 0 Å². The zero-order chi connectivity index (χ0) is 12.9. The predicted octanol–water partition coefficient (Wildman–Crippen LogP) is 3.03. The molecule has 1 unspecified atom stereocenters. The van der Waals surface area contributed by atoms with Crippen LogP contribution in [0, 0.1) is 5.41 Å². The number of rotatable bonds is 7. The summed E-state index contributed by atoms with van der Waals surface area (Å²) >= 11 is 0. The van der Waals surface area contributed by atoms with E-state index in [-0.39, 0.29) is 0 Å². The molecule has 1 rings (SSSR count). The van der Waals surface area contributed by atoms with Gasteiger partial charge in [0.2, 0.25) is 0 Å². The fraction of sp³-hybridized carbons (Fsp3) is 0.786. The highest BCUT2D eigenvalue weighted by Gasteiger charge is 2.23. The van der Waals surface area contributed by atoms with E-state index in [1.807, 2.05) is 4.68 Å². The van der Waals surface area contributed by atoms with Crippen LogP contribution in [0.3, 0.4) is 0 Å². The third kappa shape index (κ3) is 4.15. The van der Waals surface area contributed by atoms with Crippen LogP contribution < -0.4 is 5.32 Å². The largest absolute Gasteiger partial charge is 0.316 e. The summed E-state index contributed by atoms with van der Waals surface area (Å²) in [6, 6.07) is 2.60. The monoisotopic (exact) mass is 237 g/mol. The van der Waals surface area contributed by atoms with Gasteiger partial charge in [0.15, 0.2) is 0 Å². The van der Waals surface area contributed by atoms with Gasteiger partial charge in [0.05, 0.1) is 5.69 Å². The van der Waals surface area contributed by atoms with Crippen molar-refractivity contribution in [2.45, 2.75) is 53.5 Å². The fourth-order valence-corrected chi connectivity index (χ4v) is 1.94. The first kappa shape index (κ1) is 14.2. The lowest BCUT2D eigenvalue weighted by Gasteiger charge is -2.27. The molecule has 0 fully saturated rings. The lowest BCUT2D eigenvalue weighted by molar-refractivity contribution is 0.289. The van der Waals surface area contributed by atoms with E-state index in [0.717, 1.165) is 19.5 Å². The molecule has 0 saturated carbocycles. The normalized spacial score (nSPS) is 15.2. The summed E-state index contributed by atoms with van der Waals surface area (Å²) in [7, 11) is 0. The van der Waals surface area contributed by atoms with Crippen LogP contribution in [0.5, 0.6) is 0 Å². The van der Waals surface area contributed by atoms with Gasteiger partial charge in [-0.05, 0) is 44.7 Å². The van der Waals surface area contributed by atoms with Crippen molar-refractivity contribution in [2.75, 3.05) is 13.1 Å². The van der Waals surface area contributed by atoms with Crippen molar-refractivity contribution in [1.29, 1.82) is 0 Å². The van der Waals surface area contributed by atoms with Crippen LogP contribution in [0.15, 0.2) is 12.3 Å². The molecule has 1 N–H and O–H groups in total. The van der Waals surface area contributed by atoms with Crippen LogP contribution in [0.2, 0.25) is 0 Å². The Morgan fingerprint density at radius 3 is 2.59 bits per heavy atom. The van der Waals surface area contributed by atoms with Crippen molar-refractivity contribution in [1.82, 2.24) is 15.1 Å². The maximum Gasteiger partial charge on any atom is 0.0630 e. The Balaban J connectivity index is 2.66. The highest BCUT2D eigenvalue weighted by molar-refractivity contribution is 5.03. The van der Waals surface area contributed by atoms with Crippen LogP contribution in [0.4, 0.5) is 0 Å². The van der Waals surface area contributed by atoms with Gasteiger partial charge in [-0.1, -0.05) is 20.8 Å². The van der Waals surface area contributed by atoms with Gasteiger partial charge >= 0.3 is 0 Å². The van der Waals surface area contributed by atoms with E-state index < -0.39 is 0 Å². The third-order valence-corrected chi connectivity index (χ3v) is 3.46. The van der Waals surface area contributed by atoms with Crippen LogP contribution in [-0.4, -0.2) is 22.9 Å². The minimum Gasteiger partial charge on any atom is -0.316 e. The Bertz CT molecular complexity index is 330. The minimum atomic E-state index is 0.312. The SMILES string of the molecule is CCNCC(C)(CC)Cc1ccn(C(C)C)n1. The molecule has 1 aromatic heterocycles. The van der Waals surface area contributed by atoms with E-state index in [1.54, 1.807) is 0 Å². The lowest BCUT2D eigenvalue weighted by Crippen LogP contribution is -2.33. The zero-order valence-electron chi connectivity index (χ0n) is 12.0. The molecular formula is C14H27N3. The summed E-state index contributed by atoms with van der Waals surface area (Å²) in [6.07, 6.45) is 4.31. The topological polar surface area (TPSA) is 29.9 Å². The van der Waals surface area contributed by atoms with Gasteiger partial charge in [0.1, 0.15) is 0 Å². The molecule has 1 heterocycles. The summed E-state index contributed by atoms with van der Waals surface area (Å²) in [5.41, 5.74) is 1.52. The first-order chi connectivity index (χ1) is 8.00. The molecule has 0 aliphatic heterocycles. The second kappa shape index (κ2) is 6.20. The van der Waals surface area contributed by atoms with Crippen molar-refractivity contribution < 1.29 is 0 Å². The second-order valence-electron chi connectivity index (χ2n) is 5.50. The quantitative estimate of drug-likeness (QED) is 0.790. The maximum absolute atomic E-state index is 4.64. The molecule has 1 atom stereocenters. The van der Waals surface area contributed by atoms with Crippen molar-refractivity contribution in [3.63, 3.8) is 0 Å². The first-order valence-electron chi connectivity index (χ1n) is 6.75. The van der Waals surface area contributed by atoms with E-state index in [2.05, 4.69) is 57.3 Å². The molecule has 1 aromatic rings. The van der Waals surface area contributed by atoms with Gasteiger partial charge in [-0.3, -0.25) is 4.68 Å². The number of hydrogen-bond donors (Lipinski definition) is 1. The van der Waals surface area contributed by atoms with Crippen LogP contribution in [0.25, 0.3) is 0 Å².